The molecular weight excluding hydrogens is 201 g/mol. The molecular formula is C9H7ClF3. The van der Waals surface area contributed by atoms with E-state index in [0.717, 1.165) is 12.1 Å². The lowest BCUT2D eigenvalue weighted by atomic mass is 10.0. The molecule has 0 spiro atoms. The topological polar surface area (TPSA) is 0 Å². The minimum absolute atomic E-state index is 0.0386. The van der Waals surface area contributed by atoms with Gasteiger partial charge in [-0.1, -0.05) is 11.6 Å². The Morgan fingerprint density at radius 1 is 1.31 bits per heavy atom. The molecule has 0 nitrogen and oxygen atoms in total. The third-order valence-corrected chi connectivity index (χ3v) is 2.01. The number of rotatable bonds is 2. The molecule has 0 saturated carbocycles. The summed E-state index contributed by atoms with van der Waals surface area (Å²) in [5.74, 6) is -1.88. The zero-order valence-electron chi connectivity index (χ0n) is 6.61. The van der Waals surface area contributed by atoms with E-state index in [2.05, 4.69) is 6.92 Å². The fourth-order valence-electron chi connectivity index (χ4n) is 0.934. The van der Waals surface area contributed by atoms with Gasteiger partial charge in [-0.05, 0) is 30.7 Å². The summed E-state index contributed by atoms with van der Waals surface area (Å²) in [5, 5.41) is 0.113. The number of benzene rings is 1. The van der Waals surface area contributed by atoms with Gasteiger partial charge < -0.3 is 0 Å². The van der Waals surface area contributed by atoms with Gasteiger partial charge in [0.2, 0.25) is 6.43 Å². The third kappa shape index (κ3) is 2.37. The van der Waals surface area contributed by atoms with Crippen LogP contribution >= 0.6 is 11.6 Å². The van der Waals surface area contributed by atoms with E-state index in [-0.39, 0.29) is 10.6 Å². The van der Waals surface area contributed by atoms with Crippen LogP contribution in [0.25, 0.3) is 0 Å². The van der Waals surface area contributed by atoms with Gasteiger partial charge in [0.05, 0.1) is 0 Å². The Hall–Kier alpha value is -0.700. The van der Waals surface area contributed by atoms with Gasteiger partial charge in [-0.25, -0.2) is 13.2 Å². The summed E-state index contributed by atoms with van der Waals surface area (Å²) in [7, 11) is 0. The highest BCUT2D eigenvalue weighted by molar-refractivity contribution is 6.31. The lowest BCUT2D eigenvalue weighted by Crippen LogP contribution is -2.05. The van der Waals surface area contributed by atoms with Crippen molar-refractivity contribution in [2.45, 2.75) is 12.3 Å². The van der Waals surface area contributed by atoms with E-state index in [1.54, 1.807) is 0 Å². The molecule has 0 aliphatic rings. The molecule has 71 valence electrons. The Kier molecular flexibility index (Phi) is 3.20. The van der Waals surface area contributed by atoms with Crippen LogP contribution in [0.4, 0.5) is 13.2 Å². The first-order chi connectivity index (χ1) is 6.02. The van der Waals surface area contributed by atoms with Gasteiger partial charge in [0.1, 0.15) is 5.82 Å². The Balaban J connectivity index is 3.05. The highest BCUT2D eigenvalue weighted by Crippen LogP contribution is 2.29. The summed E-state index contributed by atoms with van der Waals surface area (Å²) in [5.41, 5.74) is 0.0386. The van der Waals surface area contributed by atoms with E-state index in [9.17, 15) is 13.2 Å². The Morgan fingerprint density at radius 3 is 2.46 bits per heavy atom. The molecule has 0 heterocycles. The second kappa shape index (κ2) is 4.01. The molecule has 0 aliphatic carbocycles. The van der Waals surface area contributed by atoms with Gasteiger partial charge in [-0.2, -0.15) is 0 Å². The molecule has 0 fully saturated rings. The van der Waals surface area contributed by atoms with E-state index in [1.807, 2.05) is 0 Å². The van der Waals surface area contributed by atoms with Crippen molar-refractivity contribution in [2.75, 3.05) is 0 Å². The largest absolute Gasteiger partial charge is 0.245 e. The second-order valence-corrected chi connectivity index (χ2v) is 3.01. The van der Waals surface area contributed by atoms with Gasteiger partial charge in [0, 0.05) is 10.9 Å². The molecule has 1 atom stereocenters. The van der Waals surface area contributed by atoms with E-state index in [0.29, 0.717) is 0 Å². The molecule has 0 bridgehead atoms. The predicted molar refractivity (Wildman–Crippen MR) is 45.5 cm³/mol. The summed E-state index contributed by atoms with van der Waals surface area (Å²) in [6.07, 6.45) is -2.64. The van der Waals surface area contributed by atoms with Gasteiger partial charge >= 0.3 is 0 Å². The van der Waals surface area contributed by atoms with Crippen LogP contribution in [0.3, 0.4) is 0 Å². The van der Waals surface area contributed by atoms with Crippen LogP contribution in [-0.2, 0) is 0 Å². The fourth-order valence-corrected chi connectivity index (χ4v) is 1.19. The Labute approximate surface area is 79.3 Å². The predicted octanol–water partition coefficient (Wildman–Crippen LogP) is 3.66. The van der Waals surface area contributed by atoms with Gasteiger partial charge in [-0.15, -0.1) is 0 Å². The van der Waals surface area contributed by atoms with Crippen molar-refractivity contribution in [1.29, 1.82) is 0 Å². The molecule has 0 amide bonds. The molecule has 1 aromatic carbocycles. The number of hydrogen-bond donors (Lipinski definition) is 0. The maximum Gasteiger partial charge on any atom is 0.245 e. The van der Waals surface area contributed by atoms with Crippen LogP contribution in [0.5, 0.6) is 0 Å². The molecule has 13 heavy (non-hydrogen) atoms. The van der Waals surface area contributed by atoms with Crippen molar-refractivity contribution in [3.63, 3.8) is 0 Å². The SMILES string of the molecule is [CH2]C(c1cc(F)ccc1Cl)C(F)F. The first-order valence-corrected chi connectivity index (χ1v) is 3.96. The monoisotopic (exact) mass is 207 g/mol. The summed E-state index contributed by atoms with van der Waals surface area (Å²) < 4.78 is 37.0. The molecule has 0 saturated heterocycles. The molecule has 1 radical (unpaired) electrons. The van der Waals surface area contributed by atoms with E-state index < -0.39 is 18.2 Å². The maximum absolute atomic E-state index is 12.6. The molecule has 1 rings (SSSR count). The van der Waals surface area contributed by atoms with Crippen LogP contribution < -0.4 is 0 Å². The van der Waals surface area contributed by atoms with Gasteiger partial charge in [0.25, 0.3) is 0 Å². The van der Waals surface area contributed by atoms with E-state index in [4.69, 9.17) is 11.6 Å². The highest BCUT2D eigenvalue weighted by atomic mass is 35.5. The number of halogens is 4. The van der Waals surface area contributed by atoms with Crippen LogP contribution in [0.1, 0.15) is 11.5 Å². The van der Waals surface area contributed by atoms with Crippen molar-refractivity contribution < 1.29 is 13.2 Å². The average molecular weight is 208 g/mol. The molecule has 0 N–H and O–H groups in total. The van der Waals surface area contributed by atoms with Crippen LogP contribution in [0, 0.1) is 12.7 Å². The summed E-state index contributed by atoms with van der Waals surface area (Å²) in [6, 6.07) is 3.34. The first kappa shape index (κ1) is 10.4. The van der Waals surface area contributed by atoms with Crippen LogP contribution in [0.15, 0.2) is 18.2 Å². The quantitative estimate of drug-likeness (QED) is 0.694. The second-order valence-electron chi connectivity index (χ2n) is 2.61. The molecule has 4 heteroatoms. The van der Waals surface area contributed by atoms with Crippen molar-refractivity contribution >= 4 is 11.6 Å². The lowest BCUT2D eigenvalue weighted by molar-refractivity contribution is 0.130. The number of alkyl halides is 2. The van der Waals surface area contributed by atoms with Crippen molar-refractivity contribution in [1.82, 2.24) is 0 Å². The minimum atomic E-state index is -2.64. The molecule has 0 aromatic heterocycles. The van der Waals surface area contributed by atoms with Crippen molar-refractivity contribution in [3.8, 4) is 0 Å². The Bertz CT molecular complexity index is 299. The lowest BCUT2D eigenvalue weighted by Gasteiger charge is -2.11. The zero-order valence-corrected chi connectivity index (χ0v) is 7.36. The smallest absolute Gasteiger partial charge is 0.210 e. The van der Waals surface area contributed by atoms with E-state index in [1.165, 1.54) is 6.07 Å². The van der Waals surface area contributed by atoms with Gasteiger partial charge in [0.15, 0.2) is 0 Å². The summed E-state index contributed by atoms with van der Waals surface area (Å²) >= 11 is 5.60. The molecule has 0 aliphatic heterocycles. The summed E-state index contributed by atoms with van der Waals surface area (Å²) in [4.78, 5) is 0. The normalized spacial score (nSPS) is 13.4. The fraction of sp³-hybridized carbons (Fsp3) is 0.222. The van der Waals surface area contributed by atoms with Crippen LogP contribution in [-0.4, -0.2) is 6.43 Å². The minimum Gasteiger partial charge on any atom is -0.210 e. The summed E-state index contributed by atoms with van der Waals surface area (Å²) in [6.45, 7) is 3.21. The molecule has 1 aromatic rings. The standard InChI is InChI=1S/C9H7ClF3/c1-5(9(12)13)7-4-6(11)2-3-8(7)10/h2-5,9H,1H2. The first-order valence-electron chi connectivity index (χ1n) is 3.58. The third-order valence-electron chi connectivity index (χ3n) is 1.66. The molecule has 1 unspecified atom stereocenters. The van der Waals surface area contributed by atoms with Crippen molar-refractivity contribution in [3.05, 3.63) is 41.5 Å². The van der Waals surface area contributed by atoms with E-state index >= 15 is 0 Å². The van der Waals surface area contributed by atoms with Gasteiger partial charge in [-0.3, -0.25) is 0 Å². The highest BCUT2D eigenvalue weighted by Gasteiger charge is 2.19. The maximum atomic E-state index is 12.6. The zero-order chi connectivity index (χ0) is 10.0. The van der Waals surface area contributed by atoms with Crippen LogP contribution in [0.2, 0.25) is 5.02 Å². The average Bonchev–Trinajstić information content (AvgIpc) is 2.08. The Morgan fingerprint density at radius 2 is 1.92 bits per heavy atom. The number of hydrogen-bond acceptors (Lipinski definition) is 0. The van der Waals surface area contributed by atoms with Crippen molar-refractivity contribution in [2.24, 2.45) is 0 Å².